The third kappa shape index (κ3) is 3.65. The van der Waals surface area contributed by atoms with Gasteiger partial charge in [0.25, 0.3) is 0 Å². The van der Waals surface area contributed by atoms with Crippen LogP contribution in [0.5, 0.6) is 0 Å². The Labute approximate surface area is 194 Å². The zero-order valence-corrected chi connectivity index (χ0v) is 19.6. The van der Waals surface area contributed by atoms with Crippen LogP contribution in [0.4, 0.5) is 17.1 Å². The van der Waals surface area contributed by atoms with Crippen LogP contribution in [0.25, 0.3) is 21.9 Å². The molecule has 1 heterocycles. The molecule has 0 saturated heterocycles. The molecule has 0 spiro atoms. The molecule has 0 aliphatic carbocycles. The molecule has 0 saturated carbocycles. The summed E-state index contributed by atoms with van der Waals surface area (Å²) in [6, 6.07) is 29.4. The lowest BCUT2D eigenvalue weighted by Crippen LogP contribution is -2.14. The molecule has 0 fully saturated rings. The summed E-state index contributed by atoms with van der Waals surface area (Å²) >= 11 is 6.52. The van der Waals surface area contributed by atoms with Gasteiger partial charge in [-0.25, -0.2) is 0 Å². The van der Waals surface area contributed by atoms with E-state index in [4.69, 9.17) is 16.0 Å². The highest BCUT2D eigenvalue weighted by atomic mass is 35.5. The molecule has 1 aromatic heterocycles. The molecule has 2 nitrogen and oxygen atoms in total. The van der Waals surface area contributed by atoms with Gasteiger partial charge < -0.3 is 9.32 Å². The smallest absolute Gasteiger partial charge is 0.137 e. The minimum absolute atomic E-state index is 0.0419. The summed E-state index contributed by atoms with van der Waals surface area (Å²) in [6.07, 6.45) is 0. The number of hydrogen-bond acceptors (Lipinski definition) is 2. The van der Waals surface area contributed by atoms with Crippen molar-refractivity contribution in [3.63, 3.8) is 0 Å². The van der Waals surface area contributed by atoms with E-state index in [1.54, 1.807) is 0 Å². The Bertz CT molecular complexity index is 1420. The van der Waals surface area contributed by atoms with Gasteiger partial charge in [-0.15, -0.1) is 0 Å². The van der Waals surface area contributed by atoms with E-state index in [1.165, 1.54) is 5.56 Å². The molecule has 0 aliphatic rings. The predicted octanol–water partition coefficient (Wildman–Crippen LogP) is 9.32. The molecule has 0 N–H and O–H groups in total. The number of benzene rings is 4. The average Bonchev–Trinajstić information content (AvgIpc) is 3.12. The van der Waals surface area contributed by atoms with Gasteiger partial charge in [0.05, 0.1) is 11.1 Å². The van der Waals surface area contributed by atoms with Crippen LogP contribution in [0.1, 0.15) is 31.9 Å². The van der Waals surface area contributed by atoms with Gasteiger partial charge in [-0.3, -0.25) is 0 Å². The van der Waals surface area contributed by atoms with E-state index in [0.29, 0.717) is 0 Å². The second-order valence-corrected chi connectivity index (χ2v) is 9.81. The highest BCUT2D eigenvalue weighted by Crippen LogP contribution is 2.44. The number of rotatable bonds is 3. The number of nitrogens with zero attached hydrogens (tertiary/aromatic N) is 1. The second-order valence-electron chi connectivity index (χ2n) is 9.37. The van der Waals surface area contributed by atoms with E-state index in [0.717, 1.165) is 49.6 Å². The first-order valence-electron chi connectivity index (χ1n) is 10.9. The lowest BCUT2D eigenvalue weighted by atomic mass is 9.87. The van der Waals surface area contributed by atoms with Crippen molar-refractivity contribution in [3.05, 3.63) is 101 Å². The van der Waals surface area contributed by atoms with Gasteiger partial charge in [-0.1, -0.05) is 68.8 Å². The zero-order chi connectivity index (χ0) is 22.5. The summed E-state index contributed by atoms with van der Waals surface area (Å²) < 4.78 is 6.19. The lowest BCUT2D eigenvalue weighted by molar-refractivity contribution is 0.590. The van der Waals surface area contributed by atoms with Crippen molar-refractivity contribution in [2.45, 2.75) is 33.1 Å². The maximum Gasteiger partial charge on any atom is 0.137 e. The molecule has 0 radical (unpaired) electrons. The number of aryl methyl sites for hydroxylation is 1. The van der Waals surface area contributed by atoms with Gasteiger partial charge in [0.2, 0.25) is 0 Å². The Balaban J connectivity index is 1.84. The SMILES string of the molecule is Cc1cc(Cl)cc(N(c2cccc(C(C)(C)C)c2)c2cccc3oc4ccccc4c23)c1. The Morgan fingerprint density at radius 1 is 0.750 bits per heavy atom. The topological polar surface area (TPSA) is 16.4 Å². The molecule has 5 aromatic rings. The van der Waals surface area contributed by atoms with Crippen molar-refractivity contribution in [1.29, 1.82) is 0 Å². The molecule has 0 bridgehead atoms. The second kappa shape index (κ2) is 7.72. The summed E-state index contributed by atoms with van der Waals surface area (Å²) in [5.74, 6) is 0. The maximum absolute atomic E-state index is 6.52. The first-order valence-corrected chi connectivity index (χ1v) is 11.3. The van der Waals surface area contributed by atoms with Crippen molar-refractivity contribution in [3.8, 4) is 0 Å². The molecule has 32 heavy (non-hydrogen) atoms. The number of hydrogen-bond donors (Lipinski definition) is 0. The van der Waals surface area contributed by atoms with Crippen LogP contribution >= 0.6 is 11.6 Å². The van der Waals surface area contributed by atoms with Crippen LogP contribution < -0.4 is 4.90 Å². The van der Waals surface area contributed by atoms with Crippen LogP contribution in [0.2, 0.25) is 5.02 Å². The third-order valence-electron chi connectivity index (χ3n) is 5.88. The predicted molar refractivity (Wildman–Crippen MR) is 137 cm³/mol. The fourth-order valence-corrected chi connectivity index (χ4v) is 4.61. The van der Waals surface area contributed by atoms with E-state index in [-0.39, 0.29) is 5.41 Å². The van der Waals surface area contributed by atoms with E-state index in [2.05, 4.69) is 87.2 Å². The molecular weight excluding hydrogens is 414 g/mol. The van der Waals surface area contributed by atoms with Crippen molar-refractivity contribution in [2.24, 2.45) is 0 Å². The standard InChI is InChI=1S/C29H26ClNO/c1-19-15-21(30)18-23(16-19)31(22-10-7-9-20(17-22)29(2,3)4)25-12-8-14-27-28(25)24-11-5-6-13-26(24)32-27/h5-18H,1-4H3. The van der Waals surface area contributed by atoms with E-state index >= 15 is 0 Å². The minimum atomic E-state index is 0.0419. The summed E-state index contributed by atoms with van der Waals surface area (Å²) in [5, 5.41) is 2.93. The zero-order valence-electron chi connectivity index (χ0n) is 18.8. The maximum atomic E-state index is 6.52. The van der Waals surface area contributed by atoms with Crippen molar-refractivity contribution in [1.82, 2.24) is 0 Å². The number of para-hydroxylation sites is 1. The summed E-state index contributed by atoms with van der Waals surface area (Å²) in [4.78, 5) is 2.29. The minimum Gasteiger partial charge on any atom is -0.456 e. The third-order valence-corrected chi connectivity index (χ3v) is 6.10. The van der Waals surface area contributed by atoms with E-state index in [1.807, 2.05) is 30.3 Å². The number of fused-ring (bicyclic) bond motifs is 3. The first-order chi connectivity index (χ1) is 15.3. The fraction of sp³-hybridized carbons (Fsp3) is 0.172. The highest BCUT2D eigenvalue weighted by Gasteiger charge is 2.21. The van der Waals surface area contributed by atoms with Crippen molar-refractivity contribution in [2.75, 3.05) is 4.90 Å². The monoisotopic (exact) mass is 439 g/mol. The van der Waals surface area contributed by atoms with Crippen LogP contribution in [-0.4, -0.2) is 0 Å². The van der Waals surface area contributed by atoms with Gasteiger partial charge in [0, 0.05) is 21.8 Å². The summed E-state index contributed by atoms with van der Waals surface area (Å²) in [5.41, 5.74) is 7.40. The van der Waals surface area contributed by atoms with Gasteiger partial charge in [-0.05, 0) is 72.0 Å². The summed E-state index contributed by atoms with van der Waals surface area (Å²) in [6.45, 7) is 8.80. The van der Waals surface area contributed by atoms with Gasteiger partial charge in [0.15, 0.2) is 0 Å². The quantitative estimate of drug-likeness (QED) is 0.278. The Morgan fingerprint density at radius 3 is 2.28 bits per heavy atom. The molecule has 3 heteroatoms. The molecule has 0 amide bonds. The molecular formula is C29H26ClNO. The van der Waals surface area contributed by atoms with Crippen molar-refractivity contribution < 1.29 is 4.42 Å². The molecule has 160 valence electrons. The number of halogens is 1. The van der Waals surface area contributed by atoms with Crippen LogP contribution in [0, 0.1) is 6.92 Å². The van der Waals surface area contributed by atoms with E-state index in [9.17, 15) is 0 Å². The molecule has 0 unspecified atom stereocenters. The van der Waals surface area contributed by atoms with Gasteiger partial charge in [0.1, 0.15) is 11.2 Å². The van der Waals surface area contributed by atoms with Crippen LogP contribution in [-0.2, 0) is 5.41 Å². The highest BCUT2D eigenvalue weighted by molar-refractivity contribution is 6.31. The molecule has 4 aromatic carbocycles. The Morgan fingerprint density at radius 2 is 1.50 bits per heavy atom. The van der Waals surface area contributed by atoms with Crippen LogP contribution in [0.15, 0.2) is 89.3 Å². The number of furan rings is 1. The van der Waals surface area contributed by atoms with Crippen molar-refractivity contribution >= 4 is 50.6 Å². The van der Waals surface area contributed by atoms with Crippen LogP contribution in [0.3, 0.4) is 0 Å². The summed E-state index contributed by atoms with van der Waals surface area (Å²) in [7, 11) is 0. The molecule has 0 atom stereocenters. The lowest BCUT2D eigenvalue weighted by Gasteiger charge is -2.29. The van der Waals surface area contributed by atoms with Gasteiger partial charge >= 0.3 is 0 Å². The molecule has 0 aliphatic heterocycles. The Hall–Kier alpha value is -3.23. The number of anilines is 3. The average molecular weight is 440 g/mol. The largest absolute Gasteiger partial charge is 0.456 e. The van der Waals surface area contributed by atoms with E-state index < -0.39 is 0 Å². The normalized spacial score (nSPS) is 11.9. The fourth-order valence-electron chi connectivity index (χ4n) is 4.33. The first kappa shape index (κ1) is 20.7. The molecule has 5 rings (SSSR count). The Kier molecular flexibility index (Phi) is 4.98. The van der Waals surface area contributed by atoms with Gasteiger partial charge in [-0.2, -0.15) is 0 Å².